The van der Waals surface area contributed by atoms with Gasteiger partial charge in [-0.3, -0.25) is 0 Å². The average molecular weight is 483 g/mol. The van der Waals surface area contributed by atoms with Crippen molar-refractivity contribution in [1.82, 2.24) is 0 Å². The summed E-state index contributed by atoms with van der Waals surface area (Å²) >= 11 is 0. The van der Waals surface area contributed by atoms with Gasteiger partial charge in [-0.1, -0.05) is 109 Å². The Morgan fingerprint density at radius 3 is 1.32 bits per heavy atom. The molecule has 0 radical (unpaired) electrons. The lowest BCUT2D eigenvalue weighted by atomic mass is 9.93. The van der Waals surface area contributed by atoms with Crippen LogP contribution in [0.4, 0.5) is 0 Å². The quantitative estimate of drug-likeness (QED) is 0.250. The van der Waals surface area contributed by atoms with E-state index in [0.29, 0.717) is 13.2 Å². The molecular weight excluding hydrogens is 456 g/mol. The summed E-state index contributed by atoms with van der Waals surface area (Å²) in [7, 11) is 0. The topological polar surface area (TPSA) is 49.7 Å². The molecule has 6 rings (SSSR count). The molecule has 0 spiro atoms. The normalized spacial score (nSPS) is 11.2. The fourth-order valence-corrected chi connectivity index (χ4v) is 5.14. The summed E-state index contributed by atoms with van der Waals surface area (Å²) in [6.07, 6.45) is 0. The van der Waals surface area contributed by atoms with Gasteiger partial charge in [0.2, 0.25) is 0 Å². The number of aromatic hydroxyl groups is 2. The molecule has 0 aliphatic rings. The molecule has 3 nitrogen and oxygen atoms in total. The monoisotopic (exact) mass is 482 g/mol. The van der Waals surface area contributed by atoms with Gasteiger partial charge in [0.15, 0.2) is 0 Å². The molecule has 6 aromatic carbocycles. The molecule has 6 aromatic rings. The third kappa shape index (κ3) is 4.31. The van der Waals surface area contributed by atoms with Crippen LogP contribution in [0.15, 0.2) is 121 Å². The first-order valence-corrected chi connectivity index (χ1v) is 12.4. The van der Waals surface area contributed by atoms with Gasteiger partial charge >= 0.3 is 0 Å². The highest BCUT2D eigenvalue weighted by atomic mass is 16.5. The molecule has 0 heterocycles. The van der Waals surface area contributed by atoms with Gasteiger partial charge in [-0.2, -0.15) is 0 Å². The van der Waals surface area contributed by atoms with E-state index in [-0.39, 0.29) is 11.5 Å². The van der Waals surface area contributed by atoms with Crippen molar-refractivity contribution in [2.24, 2.45) is 0 Å². The van der Waals surface area contributed by atoms with Crippen LogP contribution in [0.5, 0.6) is 11.5 Å². The number of hydrogen-bond acceptors (Lipinski definition) is 3. The van der Waals surface area contributed by atoms with Crippen LogP contribution in [0.3, 0.4) is 0 Å². The van der Waals surface area contributed by atoms with Crippen LogP contribution in [0.2, 0.25) is 0 Å². The van der Waals surface area contributed by atoms with Gasteiger partial charge < -0.3 is 14.9 Å². The van der Waals surface area contributed by atoms with Gasteiger partial charge in [-0.05, 0) is 55.9 Å². The van der Waals surface area contributed by atoms with Crippen molar-refractivity contribution in [2.45, 2.75) is 13.2 Å². The van der Waals surface area contributed by atoms with Crippen molar-refractivity contribution < 1.29 is 14.9 Å². The van der Waals surface area contributed by atoms with E-state index in [4.69, 9.17) is 4.74 Å². The van der Waals surface area contributed by atoms with E-state index < -0.39 is 0 Å². The van der Waals surface area contributed by atoms with E-state index in [9.17, 15) is 10.2 Å². The van der Waals surface area contributed by atoms with Crippen LogP contribution >= 0.6 is 0 Å². The smallest absolute Gasteiger partial charge is 0.124 e. The first-order chi connectivity index (χ1) is 18.2. The number of benzene rings is 6. The predicted molar refractivity (Wildman–Crippen MR) is 151 cm³/mol. The molecule has 0 fully saturated rings. The highest BCUT2D eigenvalue weighted by Gasteiger charge is 2.15. The summed E-state index contributed by atoms with van der Waals surface area (Å²) in [5.74, 6) is 0.505. The van der Waals surface area contributed by atoms with Gasteiger partial charge in [0.1, 0.15) is 11.5 Å². The van der Waals surface area contributed by atoms with Gasteiger partial charge in [-0.15, -0.1) is 0 Å². The minimum atomic E-state index is 0.253. The third-order valence-corrected chi connectivity index (χ3v) is 6.90. The lowest BCUT2D eigenvalue weighted by Gasteiger charge is -2.16. The second-order valence-electron chi connectivity index (χ2n) is 9.17. The van der Waals surface area contributed by atoms with Crippen molar-refractivity contribution in [3.63, 3.8) is 0 Å². The molecular formula is C34H26O3. The van der Waals surface area contributed by atoms with E-state index in [1.165, 1.54) is 0 Å². The van der Waals surface area contributed by atoms with Crippen LogP contribution in [-0.2, 0) is 18.0 Å². The number of ether oxygens (including phenoxy) is 1. The van der Waals surface area contributed by atoms with E-state index in [0.717, 1.165) is 54.9 Å². The van der Waals surface area contributed by atoms with Crippen LogP contribution in [0, 0.1) is 0 Å². The second-order valence-corrected chi connectivity index (χ2v) is 9.17. The highest BCUT2D eigenvalue weighted by molar-refractivity contribution is 6.01. The number of phenols is 2. The summed E-state index contributed by atoms with van der Waals surface area (Å²) in [6.45, 7) is 0.767. The maximum absolute atomic E-state index is 10.8. The Morgan fingerprint density at radius 2 is 0.838 bits per heavy atom. The molecule has 0 aliphatic heterocycles. The van der Waals surface area contributed by atoms with Crippen molar-refractivity contribution in [3.8, 4) is 33.8 Å². The summed E-state index contributed by atoms with van der Waals surface area (Å²) in [5, 5.41) is 25.8. The molecule has 0 unspecified atom stereocenters. The number of rotatable bonds is 6. The van der Waals surface area contributed by atoms with Crippen LogP contribution < -0.4 is 0 Å². The molecule has 0 saturated carbocycles. The molecule has 0 amide bonds. The van der Waals surface area contributed by atoms with Gasteiger partial charge in [0.25, 0.3) is 0 Å². The Hall–Kier alpha value is -4.60. The molecule has 180 valence electrons. The van der Waals surface area contributed by atoms with Crippen molar-refractivity contribution >= 4 is 21.5 Å². The van der Waals surface area contributed by atoms with Crippen LogP contribution in [0.25, 0.3) is 43.8 Å². The van der Waals surface area contributed by atoms with Gasteiger partial charge in [-0.25, -0.2) is 0 Å². The second kappa shape index (κ2) is 9.81. The van der Waals surface area contributed by atoms with Crippen molar-refractivity contribution in [1.29, 1.82) is 0 Å². The van der Waals surface area contributed by atoms with E-state index >= 15 is 0 Å². The standard InChI is InChI=1S/C34H26O3/c35-31-19-17-23-9-1-5-13-27(23)33(31)29-15-7-3-11-25(29)21-37-22-26-12-4-8-16-30(26)34-28-14-6-2-10-24(28)18-20-32(34)36/h1-20,35-36H,21-22H2. The first-order valence-electron chi connectivity index (χ1n) is 12.4. The minimum absolute atomic E-state index is 0.253. The van der Waals surface area contributed by atoms with Crippen LogP contribution in [0.1, 0.15) is 11.1 Å². The highest BCUT2D eigenvalue weighted by Crippen LogP contribution is 2.40. The summed E-state index contributed by atoms with van der Waals surface area (Å²) in [6, 6.07) is 39.6. The maximum Gasteiger partial charge on any atom is 0.124 e. The Morgan fingerprint density at radius 1 is 0.432 bits per heavy atom. The lowest BCUT2D eigenvalue weighted by molar-refractivity contribution is 0.108. The third-order valence-electron chi connectivity index (χ3n) is 6.90. The van der Waals surface area contributed by atoms with Crippen molar-refractivity contribution in [3.05, 3.63) is 132 Å². The van der Waals surface area contributed by atoms with Crippen molar-refractivity contribution in [2.75, 3.05) is 0 Å². The maximum atomic E-state index is 10.8. The van der Waals surface area contributed by atoms with Crippen LogP contribution in [-0.4, -0.2) is 10.2 Å². The Balaban J connectivity index is 1.32. The molecule has 2 N–H and O–H groups in total. The molecule has 0 atom stereocenters. The van der Waals surface area contributed by atoms with E-state index in [1.54, 1.807) is 12.1 Å². The molecule has 0 bridgehead atoms. The number of hydrogen-bond donors (Lipinski definition) is 2. The van der Waals surface area contributed by atoms with Gasteiger partial charge in [0.05, 0.1) is 13.2 Å². The molecule has 0 aliphatic carbocycles. The molecule has 0 aromatic heterocycles. The van der Waals surface area contributed by atoms with E-state index in [1.807, 2.05) is 97.1 Å². The minimum Gasteiger partial charge on any atom is -0.507 e. The zero-order chi connectivity index (χ0) is 25.2. The van der Waals surface area contributed by atoms with E-state index in [2.05, 4.69) is 12.1 Å². The first kappa shape index (κ1) is 22.8. The summed E-state index contributed by atoms with van der Waals surface area (Å²) < 4.78 is 6.27. The fraction of sp³-hybridized carbons (Fsp3) is 0.0588. The Kier molecular flexibility index (Phi) is 6.05. The number of phenolic OH excluding ortho intramolecular Hbond substituents is 2. The summed E-state index contributed by atoms with van der Waals surface area (Å²) in [5.41, 5.74) is 5.55. The SMILES string of the molecule is Oc1ccc2ccccc2c1-c1ccccc1COCc1ccccc1-c1c(O)ccc2ccccc12. The average Bonchev–Trinajstić information content (AvgIpc) is 2.94. The lowest BCUT2D eigenvalue weighted by Crippen LogP contribution is -1.99. The zero-order valence-corrected chi connectivity index (χ0v) is 20.3. The largest absolute Gasteiger partial charge is 0.507 e. The Bertz CT molecular complexity index is 1610. The summed E-state index contributed by atoms with van der Waals surface area (Å²) in [4.78, 5) is 0. The zero-order valence-electron chi connectivity index (χ0n) is 20.3. The molecule has 37 heavy (non-hydrogen) atoms. The van der Waals surface area contributed by atoms with Gasteiger partial charge in [0, 0.05) is 11.1 Å². The predicted octanol–water partition coefficient (Wildman–Crippen LogP) is 8.46. The fourth-order valence-electron chi connectivity index (χ4n) is 5.14. The molecule has 3 heteroatoms. The molecule has 0 saturated heterocycles. The Labute approximate surface area is 215 Å². The number of fused-ring (bicyclic) bond motifs is 2.